The highest BCUT2D eigenvalue weighted by Gasteiger charge is 2.46. The lowest BCUT2D eigenvalue weighted by molar-refractivity contribution is -0.192. The molecule has 1 aliphatic heterocycles. The van der Waals surface area contributed by atoms with Crippen LogP contribution in [0.1, 0.15) is 48.9 Å². The van der Waals surface area contributed by atoms with Crippen molar-refractivity contribution in [3.05, 3.63) is 24.0 Å². The molecule has 10 heteroatoms. The lowest BCUT2D eigenvalue weighted by atomic mass is 9.60. The molecule has 0 unspecified atom stereocenters. The van der Waals surface area contributed by atoms with E-state index in [9.17, 15) is 18.0 Å². The van der Waals surface area contributed by atoms with Gasteiger partial charge in [-0.15, -0.1) is 0 Å². The van der Waals surface area contributed by atoms with E-state index < -0.39 is 12.1 Å². The highest BCUT2D eigenvalue weighted by molar-refractivity contribution is 5.94. The van der Waals surface area contributed by atoms with E-state index in [0.717, 1.165) is 18.8 Å². The van der Waals surface area contributed by atoms with E-state index in [1.807, 2.05) is 0 Å². The Labute approximate surface area is 166 Å². The Morgan fingerprint density at radius 2 is 1.83 bits per heavy atom. The van der Waals surface area contributed by atoms with Crippen molar-refractivity contribution in [1.29, 1.82) is 0 Å². The quantitative estimate of drug-likeness (QED) is 0.786. The molecular formula is C19H25F3N4O3. The molecule has 2 saturated carbocycles. The Kier molecular flexibility index (Phi) is 6.40. The van der Waals surface area contributed by atoms with Crippen LogP contribution in [-0.2, 0) is 4.79 Å². The van der Waals surface area contributed by atoms with Gasteiger partial charge < -0.3 is 15.3 Å². The molecule has 1 aromatic rings. The van der Waals surface area contributed by atoms with Gasteiger partial charge in [0.1, 0.15) is 0 Å². The third kappa shape index (κ3) is 6.12. The molecular weight excluding hydrogens is 389 g/mol. The van der Waals surface area contributed by atoms with E-state index in [-0.39, 0.29) is 5.91 Å². The molecule has 4 rings (SSSR count). The van der Waals surface area contributed by atoms with Gasteiger partial charge in [-0.1, -0.05) is 0 Å². The average molecular weight is 414 g/mol. The van der Waals surface area contributed by atoms with Crippen LogP contribution in [0.4, 0.5) is 13.2 Å². The van der Waals surface area contributed by atoms with Crippen LogP contribution in [0.3, 0.4) is 0 Å². The minimum absolute atomic E-state index is 0.0130. The number of hydrogen-bond acceptors (Lipinski definition) is 5. The summed E-state index contributed by atoms with van der Waals surface area (Å²) in [6, 6.07) is 2.06. The van der Waals surface area contributed by atoms with Gasteiger partial charge in [-0.25, -0.2) is 4.79 Å². The van der Waals surface area contributed by atoms with Gasteiger partial charge in [-0.05, 0) is 69.0 Å². The molecule has 0 atom stereocenters. The Hall–Kier alpha value is -2.23. The van der Waals surface area contributed by atoms with E-state index in [1.54, 1.807) is 12.3 Å². The molecule has 1 aromatic heterocycles. The Morgan fingerprint density at radius 3 is 2.31 bits per heavy atom. The molecule has 2 N–H and O–H groups in total. The first kappa shape index (κ1) is 21.5. The van der Waals surface area contributed by atoms with Crippen LogP contribution < -0.4 is 5.32 Å². The molecule has 2 aliphatic carbocycles. The summed E-state index contributed by atoms with van der Waals surface area (Å²) in [7, 11) is 0. The molecule has 1 spiro atoms. The fourth-order valence-electron chi connectivity index (χ4n) is 4.07. The predicted octanol–water partition coefficient (Wildman–Crippen LogP) is 2.49. The lowest BCUT2D eigenvalue weighted by Gasteiger charge is -2.52. The van der Waals surface area contributed by atoms with Crippen LogP contribution in [0, 0.1) is 11.3 Å². The minimum Gasteiger partial charge on any atom is -0.475 e. The third-order valence-corrected chi connectivity index (χ3v) is 5.91. The van der Waals surface area contributed by atoms with Crippen molar-refractivity contribution in [2.75, 3.05) is 19.6 Å². The summed E-state index contributed by atoms with van der Waals surface area (Å²) in [6.07, 6.45) is 5.81. The monoisotopic (exact) mass is 414 g/mol. The highest BCUT2D eigenvalue weighted by atomic mass is 19.4. The number of carbonyl (C=O) groups is 2. The number of piperidine rings is 1. The van der Waals surface area contributed by atoms with Crippen molar-refractivity contribution in [2.45, 2.75) is 50.7 Å². The maximum atomic E-state index is 12.1. The van der Waals surface area contributed by atoms with Crippen LogP contribution >= 0.6 is 0 Å². The van der Waals surface area contributed by atoms with Gasteiger partial charge in [-0.3, -0.25) is 4.79 Å². The van der Waals surface area contributed by atoms with Crippen LogP contribution in [0.5, 0.6) is 0 Å². The SMILES string of the molecule is O=C(NC1CC2(CCN(CC3CC3)CC2)C1)c1ccnnc1.O=C(O)C(F)(F)F. The molecule has 29 heavy (non-hydrogen) atoms. The van der Waals surface area contributed by atoms with Crippen molar-refractivity contribution in [2.24, 2.45) is 11.3 Å². The summed E-state index contributed by atoms with van der Waals surface area (Å²) in [5.41, 5.74) is 1.12. The number of alkyl halides is 3. The first-order chi connectivity index (χ1) is 13.7. The van der Waals surface area contributed by atoms with Gasteiger partial charge in [0.05, 0.1) is 18.0 Å². The second-order valence-corrected chi connectivity index (χ2v) is 8.26. The second kappa shape index (κ2) is 8.64. The predicted molar refractivity (Wildman–Crippen MR) is 97.0 cm³/mol. The molecule has 3 fully saturated rings. The van der Waals surface area contributed by atoms with E-state index in [4.69, 9.17) is 9.90 Å². The molecule has 1 amide bonds. The number of rotatable bonds is 4. The number of carboxylic acids is 1. The van der Waals surface area contributed by atoms with Crippen molar-refractivity contribution in [1.82, 2.24) is 20.4 Å². The molecule has 0 radical (unpaired) electrons. The molecule has 3 aliphatic rings. The summed E-state index contributed by atoms with van der Waals surface area (Å²) in [5.74, 6) is -1.77. The molecule has 0 bridgehead atoms. The zero-order valence-electron chi connectivity index (χ0n) is 16.0. The first-order valence-corrected chi connectivity index (χ1v) is 9.77. The Morgan fingerprint density at radius 1 is 1.21 bits per heavy atom. The van der Waals surface area contributed by atoms with Crippen molar-refractivity contribution < 1.29 is 27.9 Å². The van der Waals surface area contributed by atoms with Crippen molar-refractivity contribution >= 4 is 11.9 Å². The number of nitrogens with zero attached hydrogens (tertiary/aromatic N) is 3. The van der Waals surface area contributed by atoms with Crippen LogP contribution in [0.2, 0.25) is 0 Å². The van der Waals surface area contributed by atoms with E-state index >= 15 is 0 Å². The number of likely N-dealkylation sites (tertiary alicyclic amines) is 1. The summed E-state index contributed by atoms with van der Waals surface area (Å²) in [4.78, 5) is 23.7. The maximum Gasteiger partial charge on any atom is 0.490 e. The third-order valence-electron chi connectivity index (χ3n) is 5.91. The molecule has 2 heterocycles. The number of amides is 1. The summed E-state index contributed by atoms with van der Waals surface area (Å²) >= 11 is 0. The minimum atomic E-state index is -5.08. The van der Waals surface area contributed by atoms with Gasteiger partial charge in [0.25, 0.3) is 5.91 Å². The summed E-state index contributed by atoms with van der Waals surface area (Å²) in [6.45, 7) is 3.84. The number of aromatic nitrogens is 2. The Bertz CT molecular complexity index is 709. The number of hydrogen-bond donors (Lipinski definition) is 2. The largest absolute Gasteiger partial charge is 0.490 e. The van der Waals surface area contributed by atoms with Crippen LogP contribution in [0.15, 0.2) is 18.5 Å². The number of nitrogens with one attached hydrogen (secondary N) is 1. The van der Waals surface area contributed by atoms with E-state index in [2.05, 4.69) is 20.4 Å². The lowest BCUT2D eigenvalue weighted by Crippen LogP contribution is -2.55. The van der Waals surface area contributed by atoms with Crippen LogP contribution in [-0.4, -0.2) is 63.9 Å². The molecule has 160 valence electrons. The fraction of sp³-hybridized carbons (Fsp3) is 0.684. The highest BCUT2D eigenvalue weighted by Crippen LogP contribution is 2.49. The second-order valence-electron chi connectivity index (χ2n) is 8.26. The summed E-state index contributed by atoms with van der Waals surface area (Å²) in [5, 5.41) is 17.7. The average Bonchev–Trinajstić information content (AvgIpc) is 3.46. The maximum absolute atomic E-state index is 12.1. The Balaban J connectivity index is 0.000000298. The molecule has 7 nitrogen and oxygen atoms in total. The zero-order chi connectivity index (χ0) is 21.1. The van der Waals surface area contributed by atoms with E-state index in [1.165, 1.54) is 51.5 Å². The van der Waals surface area contributed by atoms with E-state index in [0.29, 0.717) is 17.0 Å². The van der Waals surface area contributed by atoms with Gasteiger partial charge in [0.2, 0.25) is 0 Å². The topological polar surface area (TPSA) is 95.4 Å². The number of carboxylic acid groups (broad SMARTS) is 1. The van der Waals surface area contributed by atoms with Gasteiger partial charge in [0, 0.05) is 12.6 Å². The number of aliphatic carboxylic acids is 1. The smallest absolute Gasteiger partial charge is 0.475 e. The number of halogens is 3. The van der Waals surface area contributed by atoms with Crippen molar-refractivity contribution in [3.8, 4) is 0 Å². The van der Waals surface area contributed by atoms with Gasteiger partial charge in [-0.2, -0.15) is 23.4 Å². The summed E-state index contributed by atoms with van der Waals surface area (Å²) < 4.78 is 31.7. The van der Waals surface area contributed by atoms with Gasteiger partial charge >= 0.3 is 12.1 Å². The zero-order valence-corrected chi connectivity index (χ0v) is 16.0. The normalized spacial score (nSPS) is 21.6. The first-order valence-electron chi connectivity index (χ1n) is 9.77. The fourth-order valence-corrected chi connectivity index (χ4v) is 4.07. The molecule has 0 aromatic carbocycles. The number of carbonyl (C=O) groups excluding carboxylic acids is 1. The van der Waals surface area contributed by atoms with Crippen LogP contribution in [0.25, 0.3) is 0 Å². The van der Waals surface area contributed by atoms with Gasteiger partial charge in [0.15, 0.2) is 0 Å². The molecule has 1 saturated heterocycles. The standard InChI is InChI=1S/C17H24N4O.C2HF3O2/c22-16(14-3-6-18-19-11-14)20-15-9-17(10-15)4-7-21(8-5-17)12-13-1-2-13;3-2(4,5)1(6)7/h3,6,11,13,15H,1-2,4-5,7-10,12H2,(H,20,22);(H,6,7). The van der Waals surface area contributed by atoms with Crippen molar-refractivity contribution in [3.63, 3.8) is 0 Å².